The van der Waals surface area contributed by atoms with E-state index >= 15 is 0 Å². The highest BCUT2D eigenvalue weighted by atomic mass is 16.7. The molecule has 0 aromatic carbocycles. The molecule has 2 aliphatic heterocycles. The summed E-state index contributed by atoms with van der Waals surface area (Å²) in [7, 11) is 0. The van der Waals surface area contributed by atoms with Gasteiger partial charge in [0, 0.05) is 12.0 Å². The van der Waals surface area contributed by atoms with Gasteiger partial charge < -0.3 is 19.3 Å². The third-order valence-electron chi connectivity index (χ3n) is 5.45. The van der Waals surface area contributed by atoms with Gasteiger partial charge in [-0.25, -0.2) is 9.59 Å². The van der Waals surface area contributed by atoms with Gasteiger partial charge in [0.05, 0.1) is 18.1 Å². The highest BCUT2D eigenvalue weighted by Gasteiger charge is 2.58. The molecule has 2 heterocycles. The molecule has 0 saturated carbocycles. The first-order valence-electron chi connectivity index (χ1n) is 8.93. The summed E-state index contributed by atoms with van der Waals surface area (Å²) in [5, 5.41) is 10.2. The number of rotatable bonds is 2. The molecule has 6 nitrogen and oxygen atoms in total. The predicted octanol–water partition coefficient (Wildman–Crippen LogP) is 2.22. The van der Waals surface area contributed by atoms with E-state index in [0.717, 1.165) is 11.1 Å². The van der Waals surface area contributed by atoms with Crippen molar-refractivity contribution in [2.24, 2.45) is 5.92 Å². The number of carbonyl (C=O) groups is 2. The van der Waals surface area contributed by atoms with Crippen molar-refractivity contribution in [3.63, 3.8) is 0 Å². The Morgan fingerprint density at radius 1 is 1.31 bits per heavy atom. The van der Waals surface area contributed by atoms with Crippen molar-refractivity contribution in [2.45, 2.75) is 70.6 Å². The smallest absolute Gasteiger partial charge is 0.341 e. The van der Waals surface area contributed by atoms with Crippen LogP contribution in [-0.2, 0) is 23.8 Å². The summed E-state index contributed by atoms with van der Waals surface area (Å²) in [5.74, 6) is -1.39. The molecule has 0 bridgehead atoms. The van der Waals surface area contributed by atoms with Gasteiger partial charge in [0.1, 0.15) is 12.2 Å². The molecule has 2 saturated heterocycles. The van der Waals surface area contributed by atoms with Gasteiger partial charge in [0.2, 0.25) is 0 Å². The lowest BCUT2D eigenvalue weighted by Crippen LogP contribution is -2.37. The standard InChI is InChI=1S/C20H26O6/c1-10-6-14(21)7-11(2)9-16(25-19(23)20(5)13(4)26-20)17-12(3)18(22)24-15(17)8-10/h7-8,13-17,21H,3,6,9H2,1-2,4-5H3/b10-8+,11-7-. The molecule has 0 aromatic heterocycles. The first-order chi connectivity index (χ1) is 12.1. The molecule has 1 aliphatic carbocycles. The Kier molecular flexibility index (Phi) is 4.84. The Hall–Kier alpha value is -1.92. The first-order valence-corrected chi connectivity index (χ1v) is 8.93. The molecule has 26 heavy (non-hydrogen) atoms. The molecule has 0 spiro atoms. The minimum Gasteiger partial charge on any atom is -0.459 e. The second-order valence-corrected chi connectivity index (χ2v) is 7.73. The van der Waals surface area contributed by atoms with Gasteiger partial charge in [-0.1, -0.05) is 23.8 Å². The van der Waals surface area contributed by atoms with Crippen molar-refractivity contribution in [2.75, 3.05) is 0 Å². The fourth-order valence-corrected chi connectivity index (χ4v) is 3.68. The van der Waals surface area contributed by atoms with E-state index in [-0.39, 0.29) is 6.10 Å². The zero-order chi connectivity index (χ0) is 19.2. The number of aliphatic hydroxyl groups is 1. The van der Waals surface area contributed by atoms with Crippen LogP contribution in [0, 0.1) is 5.92 Å². The zero-order valence-electron chi connectivity index (χ0n) is 15.7. The molecule has 0 aromatic rings. The molecular weight excluding hydrogens is 336 g/mol. The van der Waals surface area contributed by atoms with Gasteiger partial charge in [0.15, 0.2) is 5.60 Å². The van der Waals surface area contributed by atoms with Crippen LogP contribution in [0.5, 0.6) is 0 Å². The van der Waals surface area contributed by atoms with Gasteiger partial charge in [-0.3, -0.25) is 0 Å². The number of fused-ring (bicyclic) bond motifs is 1. The van der Waals surface area contributed by atoms with E-state index in [4.69, 9.17) is 14.2 Å². The second kappa shape index (κ2) is 6.67. The van der Waals surface area contributed by atoms with Crippen LogP contribution in [-0.4, -0.2) is 47.1 Å². The van der Waals surface area contributed by atoms with Crippen molar-refractivity contribution in [3.05, 3.63) is 35.5 Å². The highest BCUT2D eigenvalue weighted by Crippen LogP contribution is 2.40. The number of carbonyl (C=O) groups excluding carboxylic acids is 2. The summed E-state index contributed by atoms with van der Waals surface area (Å²) in [5.41, 5.74) is 1.14. The van der Waals surface area contributed by atoms with Crippen molar-refractivity contribution in [1.82, 2.24) is 0 Å². The lowest BCUT2D eigenvalue weighted by atomic mass is 9.85. The molecule has 0 radical (unpaired) electrons. The lowest BCUT2D eigenvalue weighted by Gasteiger charge is -2.28. The number of epoxide rings is 1. The molecule has 3 rings (SSSR count). The maximum absolute atomic E-state index is 12.6. The van der Waals surface area contributed by atoms with Crippen LogP contribution < -0.4 is 0 Å². The van der Waals surface area contributed by atoms with Crippen molar-refractivity contribution < 1.29 is 28.9 Å². The quantitative estimate of drug-likeness (QED) is 0.351. The van der Waals surface area contributed by atoms with E-state index in [9.17, 15) is 14.7 Å². The Morgan fingerprint density at radius 3 is 2.54 bits per heavy atom. The van der Waals surface area contributed by atoms with E-state index < -0.39 is 41.8 Å². The number of hydrogen-bond donors (Lipinski definition) is 1. The fraction of sp³-hybridized carbons (Fsp3) is 0.600. The summed E-state index contributed by atoms with van der Waals surface area (Å²) >= 11 is 0. The predicted molar refractivity (Wildman–Crippen MR) is 94.1 cm³/mol. The summed E-state index contributed by atoms with van der Waals surface area (Å²) in [6, 6.07) is 0. The zero-order valence-corrected chi connectivity index (χ0v) is 15.7. The Bertz CT molecular complexity index is 705. The second-order valence-electron chi connectivity index (χ2n) is 7.73. The van der Waals surface area contributed by atoms with Crippen LogP contribution in [0.1, 0.15) is 40.5 Å². The fourth-order valence-electron chi connectivity index (χ4n) is 3.68. The maximum atomic E-state index is 12.6. The molecule has 1 N–H and O–H groups in total. The number of ether oxygens (including phenoxy) is 3. The summed E-state index contributed by atoms with van der Waals surface area (Å²) in [6.45, 7) is 11.1. The molecule has 6 unspecified atom stereocenters. The Labute approximate surface area is 153 Å². The van der Waals surface area contributed by atoms with Crippen LogP contribution >= 0.6 is 0 Å². The van der Waals surface area contributed by atoms with Gasteiger partial charge in [-0.05, 0) is 40.2 Å². The van der Waals surface area contributed by atoms with Crippen LogP contribution in [0.3, 0.4) is 0 Å². The topological polar surface area (TPSA) is 85.4 Å². The molecule has 0 amide bonds. The van der Waals surface area contributed by atoms with Crippen LogP contribution in [0.25, 0.3) is 0 Å². The van der Waals surface area contributed by atoms with Crippen LogP contribution in [0.4, 0.5) is 0 Å². The maximum Gasteiger partial charge on any atom is 0.341 e. The molecule has 6 atom stereocenters. The normalized spacial score (nSPS) is 44.1. The van der Waals surface area contributed by atoms with Crippen molar-refractivity contribution in [3.8, 4) is 0 Å². The van der Waals surface area contributed by atoms with Gasteiger partial charge >= 0.3 is 11.9 Å². The molecule has 142 valence electrons. The van der Waals surface area contributed by atoms with E-state index in [2.05, 4.69) is 6.58 Å². The van der Waals surface area contributed by atoms with Gasteiger partial charge in [-0.2, -0.15) is 0 Å². The minimum atomic E-state index is -0.946. The SMILES string of the molecule is C=C1C(=O)OC2/C=C(\C)CC(O)/C=C(/C)CC(OC(=O)C3(C)OC3C)C12. The molecule has 6 heteroatoms. The Balaban J connectivity index is 1.93. The molecule has 2 fully saturated rings. The lowest BCUT2D eigenvalue weighted by molar-refractivity contribution is -0.157. The van der Waals surface area contributed by atoms with Gasteiger partial charge in [-0.15, -0.1) is 0 Å². The molecule has 3 aliphatic rings. The monoisotopic (exact) mass is 362 g/mol. The summed E-state index contributed by atoms with van der Waals surface area (Å²) in [6.07, 6.45) is 2.41. The van der Waals surface area contributed by atoms with E-state index in [1.807, 2.05) is 26.8 Å². The summed E-state index contributed by atoms with van der Waals surface area (Å²) < 4.78 is 16.6. The number of hydrogen-bond acceptors (Lipinski definition) is 6. The minimum absolute atomic E-state index is 0.199. The Morgan fingerprint density at radius 2 is 1.92 bits per heavy atom. The summed E-state index contributed by atoms with van der Waals surface area (Å²) in [4.78, 5) is 24.7. The van der Waals surface area contributed by atoms with E-state index in [0.29, 0.717) is 18.4 Å². The first kappa shape index (κ1) is 18.9. The highest BCUT2D eigenvalue weighted by molar-refractivity contribution is 5.91. The number of esters is 2. The van der Waals surface area contributed by atoms with E-state index in [1.54, 1.807) is 13.0 Å². The van der Waals surface area contributed by atoms with E-state index in [1.165, 1.54) is 0 Å². The van der Waals surface area contributed by atoms with Crippen LogP contribution in [0.2, 0.25) is 0 Å². The van der Waals surface area contributed by atoms with Crippen molar-refractivity contribution >= 4 is 11.9 Å². The third kappa shape index (κ3) is 3.48. The number of aliphatic hydroxyl groups excluding tert-OH is 1. The van der Waals surface area contributed by atoms with Gasteiger partial charge in [0.25, 0.3) is 0 Å². The average Bonchev–Trinajstić information content (AvgIpc) is 3.04. The van der Waals surface area contributed by atoms with Crippen molar-refractivity contribution in [1.29, 1.82) is 0 Å². The van der Waals surface area contributed by atoms with Crippen LogP contribution in [0.15, 0.2) is 35.5 Å². The average molecular weight is 362 g/mol. The third-order valence-corrected chi connectivity index (χ3v) is 5.45. The largest absolute Gasteiger partial charge is 0.459 e. The molecular formula is C20H26O6.